The topological polar surface area (TPSA) is 86.1 Å². The number of aromatic nitrogens is 1. The van der Waals surface area contributed by atoms with Crippen LogP contribution in [-0.2, 0) is 16.9 Å². The molecule has 7 heteroatoms. The van der Waals surface area contributed by atoms with Gasteiger partial charge in [-0.05, 0) is 31.2 Å². The van der Waals surface area contributed by atoms with Crippen LogP contribution in [0.4, 0.5) is 9.18 Å². The summed E-state index contributed by atoms with van der Waals surface area (Å²) in [5, 5.41) is 11.5. The summed E-state index contributed by atoms with van der Waals surface area (Å²) in [6.07, 6.45) is 3.06. The van der Waals surface area contributed by atoms with Crippen LogP contribution < -0.4 is 5.32 Å². The van der Waals surface area contributed by atoms with Gasteiger partial charge in [-0.25, -0.2) is 9.18 Å². The fraction of sp³-hybridized carbons (Fsp3) is 0.176. The Balaban J connectivity index is 1.92. The third kappa shape index (κ3) is 2.48. The first kappa shape index (κ1) is 15.6. The molecule has 0 radical (unpaired) electrons. The normalized spacial score (nSPS) is 20.0. The van der Waals surface area contributed by atoms with Gasteiger partial charge >= 0.3 is 6.03 Å². The van der Waals surface area contributed by atoms with Crippen LogP contribution >= 0.6 is 0 Å². The van der Waals surface area contributed by atoms with E-state index in [4.69, 9.17) is 5.26 Å². The number of nitrogens with one attached hydrogen (secondary N) is 1. The standard InChI is InChI=1S/C17H13FN4O2/c1-17(13-3-2-6-20-9-13)15(23)22(16(24)21-17)10-12-7-11(8-19)4-5-14(12)18/h2-7,9H,10H2,1H3,(H,21,24)/t17-/m0/s1. The van der Waals surface area contributed by atoms with Crippen molar-refractivity contribution in [3.63, 3.8) is 0 Å². The van der Waals surface area contributed by atoms with Crippen LogP contribution in [0.2, 0.25) is 0 Å². The monoisotopic (exact) mass is 324 g/mol. The van der Waals surface area contributed by atoms with E-state index in [1.54, 1.807) is 25.3 Å². The molecule has 1 saturated heterocycles. The first-order chi connectivity index (χ1) is 11.5. The number of nitriles is 1. The molecular formula is C17H13FN4O2. The number of rotatable bonds is 3. The SMILES string of the molecule is C[C@@]1(c2cccnc2)NC(=O)N(Cc2cc(C#N)ccc2F)C1=O. The lowest BCUT2D eigenvalue weighted by Crippen LogP contribution is -2.40. The van der Waals surface area contributed by atoms with Crippen molar-refractivity contribution >= 4 is 11.9 Å². The molecule has 1 fully saturated rings. The third-order valence-corrected chi connectivity index (χ3v) is 4.02. The lowest BCUT2D eigenvalue weighted by atomic mass is 9.93. The summed E-state index contributed by atoms with van der Waals surface area (Å²) in [5.41, 5.74) is -0.354. The van der Waals surface area contributed by atoms with Crippen LogP contribution in [0.1, 0.15) is 23.6 Å². The molecule has 0 unspecified atom stereocenters. The zero-order valence-electron chi connectivity index (χ0n) is 12.8. The number of benzene rings is 1. The van der Waals surface area contributed by atoms with Gasteiger partial charge in [0.2, 0.25) is 0 Å². The molecule has 1 aromatic heterocycles. The Morgan fingerprint density at radius 2 is 2.17 bits per heavy atom. The molecule has 120 valence electrons. The molecule has 1 aliphatic rings. The molecule has 2 heterocycles. The van der Waals surface area contributed by atoms with Gasteiger partial charge in [0, 0.05) is 23.5 Å². The summed E-state index contributed by atoms with van der Waals surface area (Å²) in [6.45, 7) is 1.33. The lowest BCUT2D eigenvalue weighted by molar-refractivity contribution is -0.131. The van der Waals surface area contributed by atoms with Gasteiger partial charge in [0.15, 0.2) is 0 Å². The highest BCUT2D eigenvalue weighted by atomic mass is 19.1. The van der Waals surface area contributed by atoms with Crippen molar-refractivity contribution in [1.82, 2.24) is 15.2 Å². The van der Waals surface area contributed by atoms with Crippen molar-refractivity contribution in [2.24, 2.45) is 0 Å². The molecule has 0 spiro atoms. The van der Waals surface area contributed by atoms with Crippen molar-refractivity contribution in [2.75, 3.05) is 0 Å². The van der Waals surface area contributed by atoms with Gasteiger partial charge in [-0.2, -0.15) is 5.26 Å². The molecule has 24 heavy (non-hydrogen) atoms. The first-order valence-corrected chi connectivity index (χ1v) is 7.19. The zero-order chi connectivity index (χ0) is 17.3. The van der Waals surface area contributed by atoms with E-state index in [1.165, 1.54) is 18.3 Å². The number of amides is 3. The summed E-state index contributed by atoms with van der Waals surface area (Å²) in [7, 11) is 0. The molecule has 3 amide bonds. The number of nitrogens with zero attached hydrogens (tertiary/aromatic N) is 3. The summed E-state index contributed by atoms with van der Waals surface area (Å²) >= 11 is 0. The maximum Gasteiger partial charge on any atom is 0.325 e. The van der Waals surface area contributed by atoms with Crippen molar-refractivity contribution in [1.29, 1.82) is 5.26 Å². The van der Waals surface area contributed by atoms with E-state index in [-0.39, 0.29) is 17.7 Å². The molecule has 1 aliphatic heterocycles. The number of pyridine rings is 1. The minimum absolute atomic E-state index is 0.105. The summed E-state index contributed by atoms with van der Waals surface area (Å²) < 4.78 is 13.9. The molecular weight excluding hydrogens is 311 g/mol. The Morgan fingerprint density at radius 1 is 1.38 bits per heavy atom. The van der Waals surface area contributed by atoms with Crippen molar-refractivity contribution in [3.8, 4) is 6.07 Å². The number of carbonyl (C=O) groups is 2. The van der Waals surface area contributed by atoms with Crippen molar-refractivity contribution in [3.05, 3.63) is 65.2 Å². The molecule has 3 rings (SSSR count). The highest BCUT2D eigenvalue weighted by Crippen LogP contribution is 2.29. The number of hydrogen-bond donors (Lipinski definition) is 1. The van der Waals surface area contributed by atoms with E-state index in [0.29, 0.717) is 5.56 Å². The number of urea groups is 1. The minimum atomic E-state index is -1.26. The van der Waals surface area contributed by atoms with Gasteiger partial charge in [0.1, 0.15) is 11.4 Å². The number of hydrogen-bond acceptors (Lipinski definition) is 4. The fourth-order valence-electron chi connectivity index (χ4n) is 2.63. The van der Waals surface area contributed by atoms with Gasteiger partial charge in [0.05, 0.1) is 18.2 Å². The van der Waals surface area contributed by atoms with E-state index in [9.17, 15) is 14.0 Å². The number of halogens is 1. The van der Waals surface area contributed by atoms with Gasteiger partial charge in [-0.15, -0.1) is 0 Å². The molecule has 1 N–H and O–H groups in total. The Morgan fingerprint density at radius 3 is 2.83 bits per heavy atom. The quantitative estimate of drug-likeness (QED) is 0.876. The van der Waals surface area contributed by atoms with Gasteiger partial charge in [-0.1, -0.05) is 6.07 Å². The minimum Gasteiger partial charge on any atom is -0.319 e. The summed E-state index contributed by atoms with van der Waals surface area (Å²) in [6, 6.07) is 8.45. The second-order valence-corrected chi connectivity index (χ2v) is 5.61. The van der Waals surface area contributed by atoms with E-state index in [2.05, 4.69) is 10.3 Å². The Kier molecular flexibility index (Phi) is 3.73. The predicted octanol–water partition coefficient (Wildman–Crippen LogP) is 2.06. The zero-order valence-corrected chi connectivity index (χ0v) is 12.8. The van der Waals surface area contributed by atoms with Crippen LogP contribution in [-0.4, -0.2) is 21.8 Å². The van der Waals surface area contributed by atoms with E-state index < -0.39 is 23.3 Å². The van der Waals surface area contributed by atoms with Crippen molar-refractivity contribution < 1.29 is 14.0 Å². The highest BCUT2D eigenvalue weighted by molar-refractivity contribution is 6.07. The third-order valence-electron chi connectivity index (χ3n) is 4.02. The van der Waals surface area contributed by atoms with Crippen LogP contribution in [0, 0.1) is 17.1 Å². The highest BCUT2D eigenvalue weighted by Gasteiger charge is 2.49. The molecule has 0 saturated carbocycles. The Hall–Kier alpha value is -3.27. The van der Waals surface area contributed by atoms with Gasteiger partial charge in [-0.3, -0.25) is 14.7 Å². The summed E-state index contributed by atoms with van der Waals surface area (Å²) in [5.74, 6) is -1.08. The van der Waals surface area contributed by atoms with Gasteiger partial charge in [0.25, 0.3) is 5.91 Å². The van der Waals surface area contributed by atoms with Crippen LogP contribution in [0.3, 0.4) is 0 Å². The first-order valence-electron chi connectivity index (χ1n) is 7.19. The van der Waals surface area contributed by atoms with E-state index in [1.807, 2.05) is 6.07 Å². The van der Waals surface area contributed by atoms with Gasteiger partial charge < -0.3 is 5.32 Å². The lowest BCUT2D eigenvalue weighted by Gasteiger charge is -2.21. The maximum absolute atomic E-state index is 13.9. The molecule has 1 atom stereocenters. The second kappa shape index (κ2) is 5.74. The average Bonchev–Trinajstić information content (AvgIpc) is 2.81. The molecule has 0 bridgehead atoms. The Bertz CT molecular complexity index is 863. The largest absolute Gasteiger partial charge is 0.325 e. The fourth-order valence-corrected chi connectivity index (χ4v) is 2.63. The van der Waals surface area contributed by atoms with E-state index in [0.717, 1.165) is 11.0 Å². The van der Waals surface area contributed by atoms with E-state index >= 15 is 0 Å². The van der Waals surface area contributed by atoms with Crippen molar-refractivity contribution in [2.45, 2.75) is 19.0 Å². The predicted molar refractivity (Wildman–Crippen MR) is 81.8 cm³/mol. The van der Waals surface area contributed by atoms with Crippen LogP contribution in [0.25, 0.3) is 0 Å². The Labute approximate surface area is 137 Å². The molecule has 0 aliphatic carbocycles. The smallest absolute Gasteiger partial charge is 0.319 e. The molecule has 2 aromatic rings. The molecule has 6 nitrogen and oxygen atoms in total. The number of carbonyl (C=O) groups excluding carboxylic acids is 2. The summed E-state index contributed by atoms with van der Waals surface area (Å²) in [4.78, 5) is 29.9. The molecule has 1 aromatic carbocycles. The number of imide groups is 1. The van der Waals surface area contributed by atoms with Crippen LogP contribution in [0.5, 0.6) is 0 Å². The average molecular weight is 324 g/mol. The second-order valence-electron chi connectivity index (χ2n) is 5.61. The van der Waals surface area contributed by atoms with Crippen LogP contribution in [0.15, 0.2) is 42.7 Å². The maximum atomic E-state index is 13.9.